The first kappa shape index (κ1) is 28.6. The van der Waals surface area contributed by atoms with Crippen LogP contribution in [-0.4, -0.2) is 15.0 Å². The second-order valence-corrected chi connectivity index (χ2v) is 13.4. The van der Waals surface area contributed by atoms with E-state index in [1.807, 2.05) is 72.0 Å². The van der Waals surface area contributed by atoms with E-state index in [1.165, 1.54) is 36.9 Å². The molecular formula is C45H27N3OS. The second kappa shape index (κ2) is 11.6. The SMILES string of the molecule is c1ccc(-c2nc(-c3ccccc3)nc(-c3ccc4c(c3)oc3cccc(-c5ccc(-c6ccccc6)c6c5sc5ccccc56)c34)n2)cc1. The van der Waals surface area contributed by atoms with Crippen LogP contribution in [-0.2, 0) is 0 Å². The van der Waals surface area contributed by atoms with E-state index < -0.39 is 0 Å². The Morgan fingerprint density at radius 1 is 0.380 bits per heavy atom. The zero-order chi connectivity index (χ0) is 33.0. The maximum atomic E-state index is 6.60. The zero-order valence-corrected chi connectivity index (χ0v) is 27.6. The van der Waals surface area contributed by atoms with E-state index in [9.17, 15) is 0 Å². The first-order valence-corrected chi connectivity index (χ1v) is 17.4. The van der Waals surface area contributed by atoms with Gasteiger partial charge in [0.2, 0.25) is 0 Å². The zero-order valence-electron chi connectivity index (χ0n) is 26.7. The normalized spacial score (nSPS) is 11.6. The predicted octanol–water partition coefficient (Wildman–Crippen LogP) is 12.5. The molecule has 4 nitrogen and oxygen atoms in total. The van der Waals surface area contributed by atoms with E-state index in [2.05, 4.69) is 103 Å². The average Bonchev–Trinajstić information content (AvgIpc) is 3.77. The number of hydrogen-bond acceptors (Lipinski definition) is 5. The molecule has 3 aromatic heterocycles. The van der Waals surface area contributed by atoms with E-state index in [0.717, 1.165) is 44.2 Å². The Balaban J connectivity index is 1.16. The maximum Gasteiger partial charge on any atom is 0.164 e. The lowest BCUT2D eigenvalue weighted by Crippen LogP contribution is -2.00. The van der Waals surface area contributed by atoms with Crippen molar-refractivity contribution in [1.82, 2.24) is 15.0 Å². The Hall–Kier alpha value is -6.43. The van der Waals surface area contributed by atoms with Crippen molar-refractivity contribution in [2.24, 2.45) is 0 Å². The summed E-state index contributed by atoms with van der Waals surface area (Å²) in [6.07, 6.45) is 0. The number of rotatable bonds is 5. The van der Waals surface area contributed by atoms with Crippen LogP contribution in [0.25, 0.3) is 98.5 Å². The fraction of sp³-hybridized carbons (Fsp3) is 0. The predicted molar refractivity (Wildman–Crippen MR) is 207 cm³/mol. The van der Waals surface area contributed by atoms with Gasteiger partial charge in [-0.3, -0.25) is 0 Å². The molecule has 50 heavy (non-hydrogen) atoms. The molecule has 234 valence electrons. The Bertz CT molecular complexity index is 2800. The molecule has 0 atom stereocenters. The molecular weight excluding hydrogens is 631 g/mol. The third-order valence-electron chi connectivity index (χ3n) is 9.36. The Morgan fingerprint density at radius 3 is 1.68 bits per heavy atom. The molecule has 10 rings (SSSR count). The van der Waals surface area contributed by atoms with Gasteiger partial charge in [0.1, 0.15) is 11.2 Å². The summed E-state index contributed by atoms with van der Waals surface area (Å²) in [4.78, 5) is 14.8. The highest BCUT2D eigenvalue weighted by molar-refractivity contribution is 7.26. The lowest BCUT2D eigenvalue weighted by atomic mass is 9.93. The average molecular weight is 658 g/mol. The number of furan rings is 1. The van der Waals surface area contributed by atoms with Crippen LogP contribution in [0.15, 0.2) is 168 Å². The summed E-state index contributed by atoms with van der Waals surface area (Å²) in [5.41, 5.74) is 9.21. The van der Waals surface area contributed by atoms with E-state index in [4.69, 9.17) is 19.4 Å². The molecule has 10 aromatic rings. The van der Waals surface area contributed by atoms with Crippen molar-refractivity contribution < 1.29 is 4.42 Å². The van der Waals surface area contributed by atoms with Crippen molar-refractivity contribution in [3.05, 3.63) is 164 Å². The van der Waals surface area contributed by atoms with Crippen molar-refractivity contribution in [2.45, 2.75) is 0 Å². The van der Waals surface area contributed by atoms with Crippen molar-refractivity contribution in [2.75, 3.05) is 0 Å². The van der Waals surface area contributed by atoms with Crippen molar-refractivity contribution in [3.8, 4) is 56.4 Å². The Labute approximate surface area is 292 Å². The molecule has 0 saturated carbocycles. The summed E-state index contributed by atoms with van der Waals surface area (Å²) in [5, 5.41) is 4.73. The molecule has 0 bridgehead atoms. The standard InChI is InChI=1S/C45H27N3OS/c1-4-13-28(14-5-1)32-25-26-34(42-41(32)36-19-10-11-22-39(36)50-42)33-20-12-21-37-40(33)35-24-23-31(27-38(35)49-37)45-47-43(29-15-6-2-7-16-29)46-44(48-45)30-17-8-3-9-18-30/h1-27H. The third kappa shape index (κ3) is 4.71. The number of fused-ring (bicyclic) bond motifs is 6. The summed E-state index contributed by atoms with van der Waals surface area (Å²) in [6, 6.07) is 56.7. The van der Waals surface area contributed by atoms with Crippen molar-refractivity contribution in [3.63, 3.8) is 0 Å². The van der Waals surface area contributed by atoms with Crippen LogP contribution >= 0.6 is 11.3 Å². The van der Waals surface area contributed by atoms with Gasteiger partial charge in [-0.25, -0.2) is 15.0 Å². The molecule has 0 amide bonds. The summed E-state index contributed by atoms with van der Waals surface area (Å²) in [6.45, 7) is 0. The largest absolute Gasteiger partial charge is 0.456 e. The van der Waals surface area contributed by atoms with Gasteiger partial charge in [-0.1, -0.05) is 140 Å². The molecule has 3 heterocycles. The van der Waals surface area contributed by atoms with Gasteiger partial charge in [0.15, 0.2) is 17.5 Å². The molecule has 0 saturated heterocycles. The molecule has 5 heteroatoms. The topological polar surface area (TPSA) is 51.8 Å². The highest BCUT2D eigenvalue weighted by Gasteiger charge is 2.20. The minimum absolute atomic E-state index is 0.601. The van der Waals surface area contributed by atoms with Gasteiger partial charge in [0, 0.05) is 53.2 Å². The molecule has 7 aromatic carbocycles. The van der Waals surface area contributed by atoms with Gasteiger partial charge in [-0.2, -0.15) is 0 Å². The Morgan fingerprint density at radius 2 is 0.980 bits per heavy atom. The van der Waals surface area contributed by atoms with Crippen molar-refractivity contribution >= 4 is 53.4 Å². The summed E-state index contributed by atoms with van der Waals surface area (Å²) in [5.74, 6) is 1.87. The molecule has 0 N–H and O–H groups in total. The van der Waals surface area contributed by atoms with Crippen LogP contribution in [0.5, 0.6) is 0 Å². The lowest BCUT2D eigenvalue weighted by Gasteiger charge is -2.10. The van der Waals surface area contributed by atoms with Crippen LogP contribution in [0.1, 0.15) is 0 Å². The van der Waals surface area contributed by atoms with Crippen LogP contribution < -0.4 is 0 Å². The van der Waals surface area contributed by atoms with E-state index >= 15 is 0 Å². The monoisotopic (exact) mass is 657 g/mol. The number of aromatic nitrogens is 3. The fourth-order valence-electron chi connectivity index (χ4n) is 7.03. The van der Waals surface area contributed by atoms with Gasteiger partial charge < -0.3 is 4.42 Å². The summed E-state index contributed by atoms with van der Waals surface area (Å²) >= 11 is 1.85. The minimum Gasteiger partial charge on any atom is -0.456 e. The minimum atomic E-state index is 0.601. The molecule has 0 aliphatic heterocycles. The molecule has 0 fully saturated rings. The summed E-state index contributed by atoms with van der Waals surface area (Å²) < 4.78 is 9.16. The molecule has 0 spiro atoms. The first-order valence-electron chi connectivity index (χ1n) is 16.6. The van der Waals surface area contributed by atoms with Crippen LogP contribution in [0.4, 0.5) is 0 Å². The first-order chi connectivity index (χ1) is 24.8. The fourth-order valence-corrected chi connectivity index (χ4v) is 8.28. The van der Waals surface area contributed by atoms with Gasteiger partial charge in [0.25, 0.3) is 0 Å². The third-order valence-corrected chi connectivity index (χ3v) is 10.6. The number of nitrogens with zero attached hydrogens (tertiary/aromatic N) is 3. The Kier molecular flexibility index (Phi) is 6.64. The van der Waals surface area contributed by atoms with Gasteiger partial charge in [-0.05, 0) is 41.0 Å². The molecule has 0 aliphatic rings. The quantitative estimate of drug-likeness (QED) is 0.185. The molecule has 0 radical (unpaired) electrons. The highest BCUT2D eigenvalue weighted by Crippen LogP contribution is 2.47. The van der Waals surface area contributed by atoms with Crippen LogP contribution in [0.3, 0.4) is 0 Å². The van der Waals surface area contributed by atoms with E-state index in [1.54, 1.807) is 0 Å². The number of benzene rings is 7. The van der Waals surface area contributed by atoms with Gasteiger partial charge in [-0.15, -0.1) is 11.3 Å². The van der Waals surface area contributed by atoms with E-state index in [0.29, 0.717) is 17.5 Å². The lowest BCUT2D eigenvalue weighted by molar-refractivity contribution is 0.669. The second-order valence-electron chi connectivity index (χ2n) is 12.4. The summed E-state index contributed by atoms with van der Waals surface area (Å²) in [7, 11) is 0. The van der Waals surface area contributed by atoms with Gasteiger partial charge in [0.05, 0.1) is 0 Å². The maximum absolute atomic E-state index is 6.60. The van der Waals surface area contributed by atoms with Crippen LogP contribution in [0, 0.1) is 0 Å². The van der Waals surface area contributed by atoms with Gasteiger partial charge >= 0.3 is 0 Å². The molecule has 0 unspecified atom stereocenters. The molecule has 0 aliphatic carbocycles. The smallest absolute Gasteiger partial charge is 0.164 e. The van der Waals surface area contributed by atoms with Crippen molar-refractivity contribution in [1.29, 1.82) is 0 Å². The van der Waals surface area contributed by atoms with E-state index in [-0.39, 0.29) is 0 Å². The highest BCUT2D eigenvalue weighted by atomic mass is 32.1. The number of thiophene rings is 1. The number of hydrogen-bond donors (Lipinski definition) is 0. The van der Waals surface area contributed by atoms with Crippen LogP contribution in [0.2, 0.25) is 0 Å².